The van der Waals surface area contributed by atoms with Gasteiger partial charge < -0.3 is 20.8 Å². The van der Waals surface area contributed by atoms with Gasteiger partial charge in [0.05, 0.1) is 23.3 Å². The molecule has 0 saturated heterocycles. The van der Waals surface area contributed by atoms with Crippen LogP contribution in [-0.2, 0) is 42.0 Å². The first kappa shape index (κ1) is 36.7. The molecule has 0 fully saturated rings. The minimum Gasteiger partial charge on any atom is -0.478 e. The van der Waals surface area contributed by atoms with Crippen LogP contribution in [0.25, 0.3) is 5.69 Å². The number of hydrazine groups is 1. The summed E-state index contributed by atoms with van der Waals surface area (Å²) in [6, 6.07) is 12.8. The number of sulfonamides is 1. The smallest absolute Gasteiger partial charge is 0.414 e. The van der Waals surface area contributed by atoms with Crippen molar-refractivity contribution in [3.05, 3.63) is 89.2 Å². The van der Waals surface area contributed by atoms with E-state index in [2.05, 4.69) is 31.6 Å². The zero-order valence-corrected chi connectivity index (χ0v) is 28.2. The topological polar surface area (TPSA) is 275 Å². The van der Waals surface area contributed by atoms with E-state index in [0.29, 0.717) is 9.91 Å². The van der Waals surface area contributed by atoms with Crippen molar-refractivity contribution >= 4 is 74.9 Å². The lowest BCUT2D eigenvalue weighted by Gasteiger charge is -2.37. The number of nitrogens with zero attached hydrogens (tertiary/aromatic N) is 6. The summed E-state index contributed by atoms with van der Waals surface area (Å²) in [5, 5.41) is 37.0. The zero-order valence-electron chi connectivity index (χ0n) is 26.6. The van der Waals surface area contributed by atoms with Gasteiger partial charge in [0.2, 0.25) is 27.9 Å². The molecule has 4 aromatic rings. The van der Waals surface area contributed by atoms with Gasteiger partial charge in [-0.2, -0.15) is 4.68 Å². The molecule has 5 rings (SSSR count). The van der Waals surface area contributed by atoms with Gasteiger partial charge in [-0.25, -0.2) is 37.4 Å². The second kappa shape index (κ2) is 14.7. The third kappa shape index (κ3) is 7.89. The second-order valence-corrected chi connectivity index (χ2v) is 13.4. The van der Waals surface area contributed by atoms with Crippen LogP contribution in [-0.4, -0.2) is 98.0 Å². The SMILES string of the molecule is CS(=O)(=O)NC(=O)Nc1ccc(CC(C(=O)NC2(C(=O)O)Cc3ccccc3N2C(=O)O)N(Nc2cc(Cl)ccc2-n2cnnn2)C(=O)C=O)cc1. The molecule has 270 valence electrons. The van der Waals surface area contributed by atoms with Crippen LogP contribution in [0.2, 0.25) is 5.02 Å². The number of halogens is 1. The van der Waals surface area contributed by atoms with Crippen LogP contribution in [0.3, 0.4) is 0 Å². The molecule has 0 spiro atoms. The van der Waals surface area contributed by atoms with Gasteiger partial charge in [0.25, 0.3) is 0 Å². The van der Waals surface area contributed by atoms with Crippen LogP contribution in [0.15, 0.2) is 73.1 Å². The number of tetrazole rings is 1. The van der Waals surface area contributed by atoms with Gasteiger partial charge >= 0.3 is 24.0 Å². The normalized spacial score (nSPS) is 15.5. The van der Waals surface area contributed by atoms with Gasteiger partial charge in [0, 0.05) is 23.6 Å². The Morgan fingerprint density at radius 3 is 2.37 bits per heavy atom. The number of carboxylic acids is 1. The van der Waals surface area contributed by atoms with Crippen LogP contribution >= 0.6 is 11.6 Å². The maximum Gasteiger partial charge on any atom is 0.414 e. The number of benzene rings is 3. The number of hydrogen-bond acceptors (Lipinski definition) is 12. The molecule has 0 bridgehead atoms. The van der Waals surface area contributed by atoms with Gasteiger partial charge in [-0.1, -0.05) is 41.9 Å². The molecule has 1 aromatic heterocycles. The van der Waals surface area contributed by atoms with Gasteiger partial charge in [0.15, 0.2) is 0 Å². The average Bonchev–Trinajstić information content (AvgIpc) is 3.73. The third-order valence-corrected chi connectivity index (χ3v) is 8.39. The van der Waals surface area contributed by atoms with Crippen molar-refractivity contribution in [1.82, 2.24) is 35.3 Å². The number of carbonyl (C=O) groups is 6. The van der Waals surface area contributed by atoms with Crippen LogP contribution in [0.1, 0.15) is 11.1 Å². The zero-order chi connectivity index (χ0) is 37.8. The molecular formula is C30H27ClN10O10S. The summed E-state index contributed by atoms with van der Waals surface area (Å²) >= 11 is 6.24. The molecule has 2 atom stereocenters. The Morgan fingerprint density at radius 1 is 1.04 bits per heavy atom. The van der Waals surface area contributed by atoms with E-state index in [1.165, 1.54) is 71.7 Å². The molecule has 52 heavy (non-hydrogen) atoms. The fourth-order valence-corrected chi connectivity index (χ4v) is 5.99. The number of hydrogen-bond donors (Lipinski definition) is 6. The Labute approximate surface area is 298 Å². The Bertz CT molecular complexity index is 2170. The van der Waals surface area contributed by atoms with Crippen LogP contribution in [0.5, 0.6) is 0 Å². The molecule has 3 aromatic carbocycles. The van der Waals surface area contributed by atoms with Crippen molar-refractivity contribution in [1.29, 1.82) is 0 Å². The lowest BCUT2D eigenvalue weighted by atomic mass is 10.0. The number of aldehydes is 1. The van der Waals surface area contributed by atoms with Crippen molar-refractivity contribution in [3.8, 4) is 5.69 Å². The van der Waals surface area contributed by atoms with E-state index in [1.807, 2.05) is 0 Å². The van der Waals surface area contributed by atoms with E-state index in [4.69, 9.17) is 11.6 Å². The summed E-state index contributed by atoms with van der Waals surface area (Å²) in [6.07, 6.45) is -0.743. The number of para-hydroxylation sites is 1. The number of carbonyl (C=O) groups excluding carboxylic acids is 4. The number of fused-ring (bicyclic) bond motifs is 1. The van der Waals surface area contributed by atoms with E-state index in [0.717, 1.165) is 6.26 Å². The van der Waals surface area contributed by atoms with Crippen molar-refractivity contribution in [2.45, 2.75) is 24.5 Å². The molecule has 1 aliphatic rings. The number of amides is 5. The molecule has 6 N–H and O–H groups in total. The summed E-state index contributed by atoms with van der Waals surface area (Å²) in [5.41, 5.74) is 1.01. The van der Waals surface area contributed by atoms with Gasteiger partial charge in [-0.05, 0) is 58.0 Å². The Morgan fingerprint density at radius 2 is 1.75 bits per heavy atom. The predicted octanol–water partition coefficient (Wildman–Crippen LogP) is 1.00. The summed E-state index contributed by atoms with van der Waals surface area (Å²) in [4.78, 5) is 77.7. The Balaban J connectivity index is 1.56. The first-order valence-electron chi connectivity index (χ1n) is 14.7. The highest BCUT2D eigenvalue weighted by atomic mass is 35.5. The first-order chi connectivity index (χ1) is 24.6. The summed E-state index contributed by atoms with van der Waals surface area (Å²) in [5.74, 6) is -4.25. The van der Waals surface area contributed by atoms with Crippen molar-refractivity contribution < 1.29 is 47.4 Å². The number of aromatic nitrogens is 4. The molecule has 20 nitrogen and oxygen atoms in total. The number of nitrogens with one attached hydrogen (secondary N) is 4. The second-order valence-electron chi connectivity index (χ2n) is 11.2. The summed E-state index contributed by atoms with van der Waals surface area (Å²) in [7, 11) is -3.87. The summed E-state index contributed by atoms with van der Waals surface area (Å²) < 4.78 is 25.7. The van der Waals surface area contributed by atoms with Gasteiger partial charge in [0.1, 0.15) is 12.4 Å². The highest BCUT2D eigenvalue weighted by Gasteiger charge is 2.55. The van der Waals surface area contributed by atoms with E-state index < -0.39 is 64.5 Å². The minimum absolute atomic E-state index is 0.00112. The molecule has 2 heterocycles. The maximum absolute atomic E-state index is 14.4. The molecule has 5 amide bonds. The number of carboxylic acid groups (broad SMARTS) is 2. The van der Waals surface area contributed by atoms with Crippen molar-refractivity contribution in [2.75, 3.05) is 21.9 Å². The third-order valence-electron chi connectivity index (χ3n) is 7.60. The lowest BCUT2D eigenvalue weighted by Crippen LogP contribution is -2.69. The van der Waals surface area contributed by atoms with E-state index in [9.17, 15) is 47.4 Å². The highest BCUT2D eigenvalue weighted by Crippen LogP contribution is 2.38. The molecule has 0 saturated carbocycles. The molecular weight excluding hydrogens is 728 g/mol. The number of urea groups is 1. The fraction of sp³-hybridized carbons (Fsp3) is 0.167. The number of anilines is 3. The minimum atomic E-state index is -3.87. The van der Waals surface area contributed by atoms with Crippen molar-refractivity contribution in [3.63, 3.8) is 0 Å². The Hall–Kier alpha value is -6.61. The Kier molecular flexibility index (Phi) is 10.4. The van der Waals surface area contributed by atoms with E-state index in [1.54, 1.807) is 10.8 Å². The van der Waals surface area contributed by atoms with Gasteiger partial charge in [-0.3, -0.25) is 19.8 Å². The number of aliphatic carboxylic acids is 1. The molecule has 2 unspecified atom stereocenters. The maximum atomic E-state index is 14.4. The average molecular weight is 755 g/mol. The first-order valence-corrected chi connectivity index (χ1v) is 17.0. The van der Waals surface area contributed by atoms with Crippen molar-refractivity contribution in [2.24, 2.45) is 0 Å². The molecule has 0 radical (unpaired) electrons. The van der Waals surface area contributed by atoms with E-state index >= 15 is 0 Å². The monoisotopic (exact) mass is 754 g/mol. The standard InChI is InChI=1S/C30H27ClN10O10S/c1-52(50,51)36-28(47)33-20-9-6-17(7-10-20)12-24(26(44)34-30(27(45)46)14-18-4-2-3-5-22(18)40(30)29(48)49)41(25(43)15-42)35-21-13-19(31)8-11-23(21)39-16-32-37-38-39/h2-11,13,15-16,24,35H,12,14H2,1H3,(H,34,44)(H,45,46)(H,48,49)(H2,33,36,47). The predicted molar refractivity (Wildman–Crippen MR) is 181 cm³/mol. The number of rotatable bonds is 12. The molecule has 0 aliphatic carbocycles. The van der Waals surface area contributed by atoms with E-state index in [-0.39, 0.29) is 45.2 Å². The highest BCUT2D eigenvalue weighted by molar-refractivity contribution is 7.89. The van der Waals surface area contributed by atoms with Crippen LogP contribution in [0, 0.1) is 0 Å². The molecule has 22 heteroatoms. The molecule has 1 aliphatic heterocycles. The quantitative estimate of drug-likeness (QED) is 0.0669. The largest absolute Gasteiger partial charge is 0.478 e. The van der Waals surface area contributed by atoms with Crippen LogP contribution in [0.4, 0.5) is 26.7 Å². The lowest BCUT2D eigenvalue weighted by molar-refractivity contribution is -0.149. The summed E-state index contributed by atoms with van der Waals surface area (Å²) in [6.45, 7) is 0. The fourth-order valence-electron chi connectivity index (χ4n) is 5.43. The van der Waals surface area contributed by atoms with Gasteiger partial charge in [-0.15, -0.1) is 5.10 Å². The van der Waals surface area contributed by atoms with Crippen LogP contribution < -0.4 is 25.7 Å².